The summed E-state index contributed by atoms with van der Waals surface area (Å²) < 4.78 is 0. The van der Waals surface area contributed by atoms with Crippen LogP contribution in [-0.2, 0) is 0 Å². The van der Waals surface area contributed by atoms with Crippen LogP contribution in [-0.4, -0.2) is 0 Å². The lowest BCUT2D eigenvalue weighted by molar-refractivity contribution is -0.0483. The largest absolute Gasteiger partial charge is 0.0856 e. The Morgan fingerprint density at radius 3 is 2.67 bits per heavy atom. The third-order valence-electron chi connectivity index (χ3n) is 4.98. The second kappa shape index (κ2) is 3.96. The zero-order valence-corrected chi connectivity index (χ0v) is 10.8. The molecule has 0 N–H and O–H groups in total. The third kappa shape index (κ3) is 2.14. The fraction of sp³-hybridized carbons (Fsp3) is 0.867. The summed E-state index contributed by atoms with van der Waals surface area (Å²) in [5, 5.41) is 0. The van der Waals surface area contributed by atoms with Crippen molar-refractivity contribution in [1.29, 1.82) is 0 Å². The minimum atomic E-state index is 0.629. The molecule has 0 heterocycles. The van der Waals surface area contributed by atoms with Gasteiger partial charge in [-0.2, -0.15) is 0 Å². The first-order valence-corrected chi connectivity index (χ1v) is 6.66. The molecule has 0 aromatic heterocycles. The molecular formula is C15H26. The van der Waals surface area contributed by atoms with Crippen molar-refractivity contribution in [3.8, 4) is 0 Å². The van der Waals surface area contributed by atoms with E-state index in [9.17, 15) is 0 Å². The molecule has 0 amide bonds. The van der Waals surface area contributed by atoms with Gasteiger partial charge in [0.25, 0.3) is 0 Å². The van der Waals surface area contributed by atoms with Gasteiger partial charge in [0, 0.05) is 0 Å². The Kier molecular flexibility index (Phi) is 2.96. The Balaban J connectivity index is 2.08. The fourth-order valence-corrected chi connectivity index (χ4v) is 3.81. The second-order valence-electron chi connectivity index (χ2n) is 6.61. The maximum absolute atomic E-state index is 2.48. The number of allylic oxidation sites excluding steroid dienone is 2. The van der Waals surface area contributed by atoms with Crippen LogP contribution >= 0.6 is 0 Å². The zero-order chi connectivity index (χ0) is 11.1. The van der Waals surface area contributed by atoms with E-state index in [-0.39, 0.29) is 0 Å². The average molecular weight is 206 g/mol. The molecule has 86 valence electrons. The summed E-state index contributed by atoms with van der Waals surface area (Å²) in [7, 11) is 0. The highest BCUT2D eigenvalue weighted by atomic mass is 14.5. The predicted molar refractivity (Wildman–Crippen MR) is 66.8 cm³/mol. The Morgan fingerprint density at radius 1 is 1.27 bits per heavy atom. The average Bonchev–Trinajstić information content (AvgIpc) is 2.18. The van der Waals surface area contributed by atoms with Gasteiger partial charge >= 0.3 is 0 Å². The van der Waals surface area contributed by atoms with Crippen LogP contribution in [0.1, 0.15) is 59.8 Å². The van der Waals surface area contributed by atoms with Crippen molar-refractivity contribution in [2.24, 2.45) is 23.2 Å². The number of fused-ring (bicyclic) bond motifs is 1. The molecule has 0 nitrogen and oxygen atoms in total. The lowest BCUT2D eigenvalue weighted by Crippen LogP contribution is -2.46. The van der Waals surface area contributed by atoms with E-state index in [1.165, 1.54) is 32.1 Å². The molecule has 15 heavy (non-hydrogen) atoms. The predicted octanol–water partition coefficient (Wildman–Crippen LogP) is 4.81. The Morgan fingerprint density at radius 2 is 2.00 bits per heavy atom. The number of hydrogen-bond acceptors (Lipinski definition) is 0. The van der Waals surface area contributed by atoms with E-state index in [4.69, 9.17) is 0 Å². The van der Waals surface area contributed by atoms with Gasteiger partial charge in [-0.3, -0.25) is 0 Å². The van der Waals surface area contributed by atoms with Gasteiger partial charge < -0.3 is 0 Å². The monoisotopic (exact) mass is 206 g/mol. The van der Waals surface area contributed by atoms with Crippen molar-refractivity contribution in [3.63, 3.8) is 0 Å². The highest BCUT2D eigenvalue weighted by molar-refractivity contribution is 5.05. The van der Waals surface area contributed by atoms with Crippen molar-refractivity contribution in [3.05, 3.63) is 11.6 Å². The van der Waals surface area contributed by atoms with Crippen molar-refractivity contribution in [2.75, 3.05) is 0 Å². The molecule has 1 fully saturated rings. The van der Waals surface area contributed by atoms with Gasteiger partial charge in [0.05, 0.1) is 0 Å². The van der Waals surface area contributed by atoms with Gasteiger partial charge in [-0.15, -0.1) is 0 Å². The van der Waals surface area contributed by atoms with Crippen LogP contribution in [0.15, 0.2) is 11.6 Å². The lowest BCUT2D eigenvalue weighted by atomic mass is 9.51. The maximum atomic E-state index is 2.48. The molecule has 1 saturated carbocycles. The summed E-state index contributed by atoms with van der Waals surface area (Å²) in [6.45, 7) is 9.73. The molecule has 0 saturated heterocycles. The molecule has 3 atom stereocenters. The van der Waals surface area contributed by atoms with Crippen LogP contribution in [0.2, 0.25) is 0 Å². The Labute approximate surface area is 95.1 Å². The van der Waals surface area contributed by atoms with Gasteiger partial charge in [-0.05, 0) is 62.2 Å². The van der Waals surface area contributed by atoms with Crippen molar-refractivity contribution in [1.82, 2.24) is 0 Å². The quantitative estimate of drug-likeness (QED) is 0.499. The van der Waals surface area contributed by atoms with Gasteiger partial charge in [0.2, 0.25) is 0 Å². The van der Waals surface area contributed by atoms with Crippen LogP contribution in [0.25, 0.3) is 0 Å². The standard InChI is InChI=1S/C15H26/c1-11-6-5-7-12(2)13-10-15(3,4)14(13)9-8-11/h6,12-14H,5,7-10H2,1-4H3/b11-6-/t12-,13+,14+/m0/s1. The first-order chi connectivity index (χ1) is 7.00. The summed E-state index contributed by atoms with van der Waals surface area (Å²) in [5.41, 5.74) is 2.26. The molecule has 0 aliphatic heterocycles. The highest BCUT2D eigenvalue weighted by Crippen LogP contribution is 2.56. The lowest BCUT2D eigenvalue weighted by Gasteiger charge is -2.54. The molecule has 0 bridgehead atoms. The SMILES string of the molecule is C/C1=C/CC[C@H](C)[C@H]2CC(C)(C)[C@@H]2CC1. The molecule has 2 aliphatic carbocycles. The topological polar surface area (TPSA) is 0 Å². The Hall–Kier alpha value is -0.260. The first-order valence-electron chi connectivity index (χ1n) is 6.66. The van der Waals surface area contributed by atoms with Crippen LogP contribution in [0.3, 0.4) is 0 Å². The summed E-state index contributed by atoms with van der Waals surface area (Å²) in [6, 6.07) is 0. The van der Waals surface area contributed by atoms with Gasteiger partial charge in [-0.25, -0.2) is 0 Å². The smallest absolute Gasteiger partial charge is 0.0320 e. The second-order valence-corrected chi connectivity index (χ2v) is 6.61. The van der Waals surface area contributed by atoms with E-state index in [0.717, 1.165) is 17.8 Å². The van der Waals surface area contributed by atoms with Crippen LogP contribution in [0, 0.1) is 23.2 Å². The molecule has 2 rings (SSSR count). The van der Waals surface area contributed by atoms with Gasteiger partial charge in [0.15, 0.2) is 0 Å². The molecule has 2 aliphatic rings. The van der Waals surface area contributed by atoms with Crippen LogP contribution < -0.4 is 0 Å². The number of hydrogen-bond donors (Lipinski definition) is 0. The third-order valence-corrected chi connectivity index (χ3v) is 4.98. The minimum absolute atomic E-state index is 0.629. The van der Waals surface area contributed by atoms with Gasteiger partial charge in [-0.1, -0.05) is 32.4 Å². The summed E-state index contributed by atoms with van der Waals surface area (Å²) in [4.78, 5) is 0. The van der Waals surface area contributed by atoms with Crippen molar-refractivity contribution in [2.45, 2.75) is 59.8 Å². The molecular weight excluding hydrogens is 180 g/mol. The molecule has 0 aromatic rings. The summed E-state index contributed by atoms with van der Waals surface area (Å²) >= 11 is 0. The van der Waals surface area contributed by atoms with Gasteiger partial charge in [0.1, 0.15) is 0 Å². The molecule has 0 unspecified atom stereocenters. The van der Waals surface area contributed by atoms with E-state index in [0.29, 0.717) is 5.41 Å². The van der Waals surface area contributed by atoms with E-state index >= 15 is 0 Å². The van der Waals surface area contributed by atoms with E-state index < -0.39 is 0 Å². The van der Waals surface area contributed by atoms with Crippen LogP contribution in [0.5, 0.6) is 0 Å². The maximum Gasteiger partial charge on any atom is -0.0320 e. The molecule has 0 aromatic carbocycles. The first kappa shape index (κ1) is 11.2. The fourth-order valence-electron chi connectivity index (χ4n) is 3.81. The number of rotatable bonds is 0. The molecule has 0 spiro atoms. The zero-order valence-electron chi connectivity index (χ0n) is 10.8. The van der Waals surface area contributed by atoms with E-state index in [1.807, 2.05) is 0 Å². The Bertz CT molecular complexity index is 259. The van der Waals surface area contributed by atoms with Crippen LogP contribution in [0.4, 0.5) is 0 Å². The highest BCUT2D eigenvalue weighted by Gasteiger charge is 2.48. The van der Waals surface area contributed by atoms with Crippen molar-refractivity contribution < 1.29 is 0 Å². The summed E-state index contributed by atoms with van der Waals surface area (Å²) in [5.74, 6) is 2.97. The van der Waals surface area contributed by atoms with Crippen molar-refractivity contribution >= 4 is 0 Å². The van der Waals surface area contributed by atoms with E-state index in [1.54, 1.807) is 5.57 Å². The molecule has 0 radical (unpaired) electrons. The normalized spacial score (nSPS) is 43.7. The minimum Gasteiger partial charge on any atom is -0.0856 e. The summed E-state index contributed by atoms with van der Waals surface area (Å²) in [6.07, 6.45) is 9.46. The molecule has 0 heteroatoms. The van der Waals surface area contributed by atoms with E-state index in [2.05, 4.69) is 33.8 Å².